The smallest absolute Gasteiger partial charge is 0.124 e. The molecule has 0 aromatic heterocycles. The van der Waals surface area contributed by atoms with Crippen LogP contribution in [-0.2, 0) is 4.74 Å². The molecule has 14 heavy (non-hydrogen) atoms. The molecule has 1 aliphatic heterocycles. The van der Waals surface area contributed by atoms with Gasteiger partial charge in [0.15, 0.2) is 0 Å². The van der Waals surface area contributed by atoms with Gasteiger partial charge in [-0.15, -0.1) is 0 Å². The molecule has 1 aromatic rings. The molecule has 0 N–H and O–H groups in total. The molecule has 0 spiro atoms. The van der Waals surface area contributed by atoms with Gasteiger partial charge in [-0.05, 0) is 31.2 Å². The molecule has 3 nitrogen and oxygen atoms in total. The minimum absolute atomic E-state index is 0.128. The molecule has 0 bridgehead atoms. The van der Waals surface area contributed by atoms with Gasteiger partial charge in [-0.2, -0.15) is 0 Å². The molecular formula is C11H14O3. The minimum atomic E-state index is 0.128. The van der Waals surface area contributed by atoms with Crippen molar-refractivity contribution < 1.29 is 14.2 Å². The second-order valence-electron chi connectivity index (χ2n) is 3.37. The topological polar surface area (TPSA) is 31.0 Å². The molecule has 1 heterocycles. The number of methoxy groups -OCH3 is 1. The molecular weight excluding hydrogens is 180 g/mol. The first-order valence-electron chi connectivity index (χ1n) is 4.72. The largest absolute Gasteiger partial charge is 0.497 e. The maximum Gasteiger partial charge on any atom is 0.124 e. The van der Waals surface area contributed by atoms with Gasteiger partial charge in [0, 0.05) is 0 Å². The Morgan fingerprint density at radius 1 is 1.29 bits per heavy atom. The van der Waals surface area contributed by atoms with Gasteiger partial charge in [0.2, 0.25) is 0 Å². The van der Waals surface area contributed by atoms with E-state index in [0.717, 1.165) is 18.1 Å². The normalized spacial score (nSPS) is 21.4. The van der Waals surface area contributed by atoms with Crippen LogP contribution < -0.4 is 9.47 Å². The van der Waals surface area contributed by atoms with Crippen LogP contribution in [0.4, 0.5) is 0 Å². The van der Waals surface area contributed by atoms with Crippen molar-refractivity contribution in [2.45, 2.75) is 19.1 Å². The fourth-order valence-corrected chi connectivity index (χ4v) is 1.27. The first kappa shape index (κ1) is 9.34. The van der Waals surface area contributed by atoms with Gasteiger partial charge in [-0.3, -0.25) is 0 Å². The van der Waals surface area contributed by atoms with Crippen molar-refractivity contribution in [3.05, 3.63) is 24.3 Å². The Labute approximate surface area is 83.6 Å². The third-order valence-electron chi connectivity index (χ3n) is 2.26. The molecule has 0 saturated carbocycles. The Hall–Kier alpha value is -1.22. The fraction of sp³-hybridized carbons (Fsp3) is 0.455. The van der Waals surface area contributed by atoms with Crippen molar-refractivity contribution in [3.63, 3.8) is 0 Å². The van der Waals surface area contributed by atoms with Crippen LogP contribution in [0.3, 0.4) is 0 Å². The Kier molecular flexibility index (Phi) is 2.59. The lowest BCUT2D eigenvalue weighted by Crippen LogP contribution is -2.18. The Balaban J connectivity index is 1.95. The van der Waals surface area contributed by atoms with Crippen LogP contribution in [0, 0.1) is 0 Å². The average molecular weight is 194 g/mol. The van der Waals surface area contributed by atoms with E-state index >= 15 is 0 Å². The number of ether oxygens (including phenoxy) is 3. The summed E-state index contributed by atoms with van der Waals surface area (Å²) in [6.45, 7) is 2.83. The highest BCUT2D eigenvalue weighted by atomic mass is 16.6. The highest BCUT2D eigenvalue weighted by Gasteiger charge is 2.30. The molecule has 0 unspecified atom stereocenters. The van der Waals surface area contributed by atoms with Crippen LogP contribution in [-0.4, -0.2) is 25.9 Å². The van der Waals surface area contributed by atoms with E-state index < -0.39 is 0 Å². The first-order valence-corrected chi connectivity index (χ1v) is 4.72. The highest BCUT2D eigenvalue weighted by Crippen LogP contribution is 2.22. The van der Waals surface area contributed by atoms with Crippen molar-refractivity contribution in [3.8, 4) is 11.5 Å². The Morgan fingerprint density at radius 3 is 2.36 bits per heavy atom. The Bertz CT molecular complexity index is 290. The molecule has 1 saturated heterocycles. The van der Waals surface area contributed by atoms with E-state index in [1.165, 1.54) is 0 Å². The number of benzene rings is 1. The molecule has 0 amide bonds. The maximum atomic E-state index is 5.66. The standard InChI is InChI=1S/C11H14O3/c1-8(11-7-13-11)14-10-5-3-9(12-2)4-6-10/h3-6,8,11H,7H2,1-2H3/t8-,11+/m0/s1. The predicted octanol–water partition coefficient (Wildman–Crippen LogP) is 1.86. The zero-order chi connectivity index (χ0) is 9.97. The van der Waals surface area contributed by atoms with Crippen molar-refractivity contribution in [2.75, 3.05) is 13.7 Å². The number of hydrogen-bond donors (Lipinski definition) is 0. The van der Waals surface area contributed by atoms with Gasteiger partial charge >= 0.3 is 0 Å². The monoisotopic (exact) mass is 194 g/mol. The van der Waals surface area contributed by atoms with Crippen LogP contribution in [0.25, 0.3) is 0 Å². The van der Waals surface area contributed by atoms with Crippen LogP contribution >= 0.6 is 0 Å². The minimum Gasteiger partial charge on any atom is -0.497 e. The van der Waals surface area contributed by atoms with Crippen molar-refractivity contribution in [1.82, 2.24) is 0 Å². The van der Waals surface area contributed by atoms with Gasteiger partial charge < -0.3 is 14.2 Å². The van der Waals surface area contributed by atoms with Crippen molar-refractivity contribution in [1.29, 1.82) is 0 Å². The third-order valence-corrected chi connectivity index (χ3v) is 2.26. The van der Waals surface area contributed by atoms with Gasteiger partial charge in [0.1, 0.15) is 23.7 Å². The summed E-state index contributed by atoms with van der Waals surface area (Å²) in [6, 6.07) is 7.57. The Morgan fingerprint density at radius 2 is 1.86 bits per heavy atom. The zero-order valence-corrected chi connectivity index (χ0v) is 8.40. The number of rotatable bonds is 4. The van der Waals surface area contributed by atoms with E-state index in [-0.39, 0.29) is 12.2 Å². The number of epoxide rings is 1. The highest BCUT2D eigenvalue weighted by molar-refractivity contribution is 5.31. The lowest BCUT2D eigenvalue weighted by molar-refractivity contribution is 0.176. The van der Waals surface area contributed by atoms with E-state index in [1.807, 2.05) is 31.2 Å². The summed E-state index contributed by atoms with van der Waals surface area (Å²) in [6.07, 6.45) is 0.403. The fourth-order valence-electron chi connectivity index (χ4n) is 1.27. The summed E-state index contributed by atoms with van der Waals surface area (Å²) in [7, 11) is 1.65. The van der Waals surface area contributed by atoms with Gasteiger partial charge in [-0.25, -0.2) is 0 Å². The quantitative estimate of drug-likeness (QED) is 0.685. The summed E-state index contributed by atoms with van der Waals surface area (Å²) < 4.78 is 15.8. The van der Waals surface area contributed by atoms with Crippen molar-refractivity contribution >= 4 is 0 Å². The predicted molar refractivity (Wildman–Crippen MR) is 52.8 cm³/mol. The van der Waals surface area contributed by atoms with E-state index in [2.05, 4.69) is 0 Å². The molecule has 0 aliphatic carbocycles. The SMILES string of the molecule is COc1ccc(O[C@@H](C)[C@H]2CO2)cc1. The van der Waals surface area contributed by atoms with Crippen LogP contribution in [0.1, 0.15) is 6.92 Å². The molecule has 3 heteroatoms. The molecule has 1 fully saturated rings. The second kappa shape index (κ2) is 3.88. The summed E-state index contributed by atoms with van der Waals surface area (Å²) >= 11 is 0. The summed E-state index contributed by atoms with van der Waals surface area (Å²) in [5.74, 6) is 1.70. The summed E-state index contributed by atoms with van der Waals surface area (Å²) in [5.41, 5.74) is 0. The van der Waals surface area contributed by atoms with Crippen molar-refractivity contribution in [2.24, 2.45) is 0 Å². The van der Waals surface area contributed by atoms with Gasteiger partial charge in [-0.1, -0.05) is 0 Å². The summed E-state index contributed by atoms with van der Waals surface area (Å²) in [5, 5.41) is 0. The first-order chi connectivity index (χ1) is 6.79. The third kappa shape index (κ3) is 2.17. The number of hydrogen-bond acceptors (Lipinski definition) is 3. The van der Waals surface area contributed by atoms with E-state index in [0.29, 0.717) is 0 Å². The van der Waals surface area contributed by atoms with Gasteiger partial charge in [0.05, 0.1) is 13.7 Å². The van der Waals surface area contributed by atoms with Crippen LogP contribution in [0.15, 0.2) is 24.3 Å². The summed E-state index contributed by atoms with van der Waals surface area (Å²) in [4.78, 5) is 0. The molecule has 1 aromatic carbocycles. The molecule has 2 atom stereocenters. The molecule has 2 rings (SSSR count). The molecule has 0 radical (unpaired) electrons. The van der Waals surface area contributed by atoms with Gasteiger partial charge in [0.25, 0.3) is 0 Å². The van der Waals surface area contributed by atoms with E-state index in [1.54, 1.807) is 7.11 Å². The van der Waals surface area contributed by atoms with E-state index in [4.69, 9.17) is 14.2 Å². The van der Waals surface area contributed by atoms with E-state index in [9.17, 15) is 0 Å². The molecule has 1 aliphatic rings. The maximum absolute atomic E-state index is 5.66. The van der Waals surface area contributed by atoms with Crippen LogP contribution in [0.5, 0.6) is 11.5 Å². The second-order valence-corrected chi connectivity index (χ2v) is 3.37. The zero-order valence-electron chi connectivity index (χ0n) is 8.40. The molecule has 76 valence electrons. The lowest BCUT2D eigenvalue weighted by Gasteiger charge is -2.12. The van der Waals surface area contributed by atoms with Crippen LogP contribution in [0.2, 0.25) is 0 Å². The average Bonchev–Trinajstić information content (AvgIpc) is 3.02. The lowest BCUT2D eigenvalue weighted by atomic mass is 10.3.